The van der Waals surface area contributed by atoms with Crippen molar-refractivity contribution < 1.29 is 14.0 Å². The van der Waals surface area contributed by atoms with Gasteiger partial charge in [-0.2, -0.15) is 0 Å². The van der Waals surface area contributed by atoms with Crippen molar-refractivity contribution in [2.45, 2.75) is 6.92 Å². The number of halogens is 1. The summed E-state index contributed by atoms with van der Waals surface area (Å²) < 4.78 is 14.2. The molecule has 0 unspecified atom stereocenters. The van der Waals surface area contributed by atoms with Crippen molar-refractivity contribution in [3.05, 3.63) is 88.9 Å². The molecule has 1 heterocycles. The molecule has 0 aliphatic heterocycles. The number of pyridine rings is 1. The Morgan fingerprint density at radius 1 is 1.00 bits per heavy atom. The Kier molecular flexibility index (Phi) is 5.64. The summed E-state index contributed by atoms with van der Waals surface area (Å²) in [4.78, 5) is 29.2. The lowest BCUT2D eigenvalue weighted by Crippen LogP contribution is -2.20. The number of carbonyl (C=O) groups excluding carboxylic acids is 2. The lowest BCUT2D eigenvalue weighted by atomic mass is 10.1. The molecule has 0 saturated heterocycles. The Labute approximate surface area is 166 Å². The van der Waals surface area contributed by atoms with Crippen molar-refractivity contribution in [2.24, 2.45) is 5.73 Å². The number of anilines is 2. The zero-order chi connectivity index (χ0) is 21.0. The fourth-order valence-electron chi connectivity index (χ4n) is 2.57. The van der Waals surface area contributed by atoms with E-state index in [9.17, 15) is 14.0 Å². The number of amidine groups is 1. The molecule has 0 spiro atoms. The standard InChI is InChI=1S/C21H18FN5O2/c1-12-6-9-18(25-11-12)27-21(29)15-4-2-3-5-17(15)26-20(28)14-8-7-13(19(23)24)10-16(14)22/h2-11H,1H3,(H3,23,24)(H,26,28)(H,25,27,29). The number of aromatic nitrogens is 1. The maximum absolute atomic E-state index is 14.2. The minimum absolute atomic E-state index is 0.171. The van der Waals surface area contributed by atoms with Crippen LogP contribution in [0, 0.1) is 18.2 Å². The first-order valence-electron chi connectivity index (χ1n) is 8.63. The number of nitrogens with one attached hydrogen (secondary N) is 3. The molecule has 7 nitrogen and oxygen atoms in total. The van der Waals surface area contributed by atoms with Gasteiger partial charge in [-0.1, -0.05) is 24.3 Å². The highest BCUT2D eigenvalue weighted by Gasteiger charge is 2.17. The quantitative estimate of drug-likeness (QED) is 0.394. The molecule has 3 rings (SSSR count). The third-order valence-electron chi connectivity index (χ3n) is 4.10. The van der Waals surface area contributed by atoms with E-state index in [0.29, 0.717) is 5.82 Å². The Morgan fingerprint density at radius 3 is 2.38 bits per heavy atom. The highest BCUT2D eigenvalue weighted by molar-refractivity contribution is 6.12. The van der Waals surface area contributed by atoms with Crippen LogP contribution in [0.2, 0.25) is 0 Å². The van der Waals surface area contributed by atoms with Crippen LogP contribution in [-0.4, -0.2) is 22.6 Å². The normalized spacial score (nSPS) is 10.3. The van der Waals surface area contributed by atoms with E-state index in [1.807, 2.05) is 13.0 Å². The van der Waals surface area contributed by atoms with Gasteiger partial charge in [0.25, 0.3) is 11.8 Å². The van der Waals surface area contributed by atoms with E-state index in [0.717, 1.165) is 11.6 Å². The number of nitrogens with two attached hydrogens (primary N) is 1. The van der Waals surface area contributed by atoms with Crippen LogP contribution >= 0.6 is 0 Å². The maximum atomic E-state index is 14.2. The van der Waals surface area contributed by atoms with Crippen molar-refractivity contribution in [2.75, 3.05) is 10.6 Å². The highest BCUT2D eigenvalue weighted by atomic mass is 19.1. The number of amides is 2. The predicted octanol–water partition coefficient (Wildman–Crippen LogP) is 3.32. The van der Waals surface area contributed by atoms with E-state index in [2.05, 4.69) is 15.6 Å². The molecule has 5 N–H and O–H groups in total. The molecule has 0 radical (unpaired) electrons. The summed E-state index contributed by atoms with van der Waals surface area (Å²) in [5.41, 5.74) is 6.63. The first-order chi connectivity index (χ1) is 13.8. The molecule has 3 aromatic rings. The van der Waals surface area contributed by atoms with Crippen LogP contribution < -0.4 is 16.4 Å². The first kappa shape index (κ1) is 19.7. The Morgan fingerprint density at radius 2 is 1.72 bits per heavy atom. The minimum Gasteiger partial charge on any atom is -0.384 e. The van der Waals surface area contributed by atoms with E-state index in [1.165, 1.54) is 24.3 Å². The monoisotopic (exact) mass is 391 g/mol. The number of carbonyl (C=O) groups is 2. The van der Waals surface area contributed by atoms with Gasteiger partial charge in [-0.25, -0.2) is 9.37 Å². The molecule has 1 aromatic heterocycles. The van der Waals surface area contributed by atoms with Gasteiger partial charge in [0.15, 0.2) is 0 Å². The molecule has 0 saturated carbocycles. The van der Waals surface area contributed by atoms with Crippen LogP contribution in [0.4, 0.5) is 15.9 Å². The minimum atomic E-state index is -0.819. The summed E-state index contributed by atoms with van der Waals surface area (Å²) in [6, 6.07) is 13.5. The summed E-state index contributed by atoms with van der Waals surface area (Å²) in [6.45, 7) is 1.88. The average Bonchev–Trinajstić information content (AvgIpc) is 2.69. The molecule has 0 bridgehead atoms. The third-order valence-corrected chi connectivity index (χ3v) is 4.10. The summed E-state index contributed by atoms with van der Waals surface area (Å²) in [6.07, 6.45) is 1.62. The van der Waals surface area contributed by atoms with Crippen LogP contribution in [0.3, 0.4) is 0 Å². The zero-order valence-corrected chi connectivity index (χ0v) is 15.5. The van der Waals surface area contributed by atoms with Crippen LogP contribution in [0.1, 0.15) is 31.8 Å². The van der Waals surface area contributed by atoms with Gasteiger partial charge in [-0.15, -0.1) is 0 Å². The molecule has 0 atom stereocenters. The lowest BCUT2D eigenvalue weighted by molar-refractivity contribution is 0.102. The van der Waals surface area contributed by atoms with E-state index in [-0.39, 0.29) is 28.2 Å². The first-order valence-corrected chi connectivity index (χ1v) is 8.63. The van der Waals surface area contributed by atoms with Gasteiger partial charge in [0, 0.05) is 11.8 Å². The lowest BCUT2D eigenvalue weighted by Gasteiger charge is -2.12. The van der Waals surface area contributed by atoms with Gasteiger partial charge < -0.3 is 16.4 Å². The molecular formula is C21H18FN5O2. The highest BCUT2D eigenvalue weighted by Crippen LogP contribution is 2.19. The van der Waals surface area contributed by atoms with Crippen LogP contribution in [-0.2, 0) is 0 Å². The van der Waals surface area contributed by atoms with Gasteiger partial charge in [-0.05, 0) is 42.8 Å². The van der Waals surface area contributed by atoms with E-state index in [4.69, 9.17) is 11.1 Å². The number of para-hydroxylation sites is 1. The fourth-order valence-corrected chi connectivity index (χ4v) is 2.57. The van der Waals surface area contributed by atoms with E-state index in [1.54, 1.807) is 24.4 Å². The Hall–Kier alpha value is -4.07. The third kappa shape index (κ3) is 4.62. The smallest absolute Gasteiger partial charge is 0.258 e. The number of hydrogen-bond donors (Lipinski definition) is 4. The second-order valence-electron chi connectivity index (χ2n) is 6.28. The number of benzene rings is 2. The van der Waals surface area contributed by atoms with Crippen LogP contribution in [0.5, 0.6) is 0 Å². The molecule has 0 aliphatic carbocycles. The molecular weight excluding hydrogens is 373 g/mol. The molecule has 0 fully saturated rings. The summed E-state index contributed by atoms with van der Waals surface area (Å²) in [5.74, 6) is -1.95. The van der Waals surface area contributed by atoms with Crippen molar-refractivity contribution in [3.8, 4) is 0 Å². The summed E-state index contributed by atoms with van der Waals surface area (Å²) in [7, 11) is 0. The molecule has 8 heteroatoms. The number of nitrogens with zero attached hydrogens (tertiary/aromatic N) is 1. The largest absolute Gasteiger partial charge is 0.384 e. The molecule has 2 amide bonds. The summed E-state index contributed by atoms with van der Waals surface area (Å²) >= 11 is 0. The van der Waals surface area contributed by atoms with Gasteiger partial charge in [0.05, 0.1) is 16.8 Å². The number of aryl methyl sites for hydroxylation is 1. The second-order valence-corrected chi connectivity index (χ2v) is 6.28. The molecule has 2 aromatic carbocycles. The van der Waals surface area contributed by atoms with Gasteiger partial charge in [-0.3, -0.25) is 15.0 Å². The number of hydrogen-bond acceptors (Lipinski definition) is 4. The van der Waals surface area contributed by atoms with Crippen molar-refractivity contribution in [1.82, 2.24) is 4.98 Å². The average molecular weight is 391 g/mol. The van der Waals surface area contributed by atoms with Crippen LogP contribution in [0.15, 0.2) is 60.8 Å². The Bertz CT molecular complexity index is 1100. The fraction of sp³-hybridized carbons (Fsp3) is 0.0476. The van der Waals surface area contributed by atoms with E-state index >= 15 is 0 Å². The molecule has 146 valence electrons. The van der Waals surface area contributed by atoms with E-state index < -0.39 is 17.6 Å². The summed E-state index contributed by atoms with van der Waals surface area (Å²) in [5, 5.41) is 12.5. The van der Waals surface area contributed by atoms with Crippen molar-refractivity contribution in [3.63, 3.8) is 0 Å². The topological polar surface area (TPSA) is 121 Å². The molecule has 0 aliphatic rings. The Balaban J connectivity index is 1.81. The zero-order valence-electron chi connectivity index (χ0n) is 15.5. The van der Waals surface area contributed by atoms with Crippen LogP contribution in [0.25, 0.3) is 0 Å². The van der Waals surface area contributed by atoms with Gasteiger partial charge in [0.2, 0.25) is 0 Å². The van der Waals surface area contributed by atoms with Gasteiger partial charge in [0.1, 0.15) is 17.5 Å². The number of rotatable bonds is 5. The SMILES string of the molecule is Cc1ccc(NC(=O)c2ccccc2NC(=O)c2ccc(C(=N)N)cc2F)nc1. The predicted molar refractivity (Wildman–Crippen MR) is 109 cm³/mol. The van der Waals surface area contributed by atoms with Crippen molar-refractivity contribution in [1.29, 1.82) is 5.41 Å². The number of nitrogen functional groups attached to an aromatic ring is 1. The van der Waals surface area contributed by atoms with Gasteiger partial charge >= 0.3 is 0 Å². The molecule has 29 heavy (non-hydrogen) atoms. The maximum Gasteiger partial charge on any atom is 0.258 e. The second kappa shape index (κ2) is 8.30. The van der Waals surface area contributed by atoms with Crippen molar-refractivity contribution >= 4 is 29.2 Å².